The Morgan fingerprint density at radius 3 is 2.57 bits per heavy atom. The summed E-state index contributed by atoms with van der Waals surface area (Å²) in [4.78, 5) is 26.2. The van der Waals surface area contributed by atoms with Crippen molar-refractivity contribution in [1.29, 1.82) is 0 Å². The molecule has 1 aliphatic rings. The molecule has 0 saturated carbocycles. The highest BCUT2D eigenvalue weighted by atomic mass is 19.1. The first-order chi connectivity index (χ1) is 13.4. The first kappa shape index (κ1) is 20.2. The number of benzene rings is 1. The van der Waals surface area contributed by atoms with Gasteiger partial charge in [-0.2, -0.15) is 0 Å². The predicted octanol–water partition coefficient (Wildman–Crippen LogP) is 3.75. The average molecular weight is 384 g/mol. The van der Waals surface area contributed by atoms with Gasteiger partial charge in [0.2, 0.25) is 5.91 Å². The quantitative estimate of drug-likeness (QED) is 0.788. The van der Waals surface area contributed by atoms with Crippen molar-refractivity contribution in [3.05, 3.63) is 53.2 Å². The van der Waals surface area contributed by atoms with E-state index in [-0.39, 0.29) is 17.8 Å². The number of amides is 1. The highest BCUT2D eigenvalue weighted by molar-refractivity contribution is 5.78. The van der Waals surface area contributed by atoms with Crippen molar-refractivity contribution in [2.24, 2.45) is 5.92 Å². The number of hydrogen-bond donors (Lipinski definition) is 0. The van der Waals surface area contributed by atoms with Gasteiger partial charge in [0.05, 0.1) is 6.04 Å². The molecule has 2 aromatic rings. The molecule has 1 aromatic carbocycles. The lowest BCUT2D eigenvalue weighted by Crippen LogP contribution is -2.46. The van der Waals surface area contributed by atoms with Crippen LogP contribution in [0.25, 0.3) is 0 Å². The lowest BCUT2D eigenvalue weighted by molar-refractivity contribution is -0.134. The molecule has 150 valence electrons. The molecule has 0 aliphatic carbocycles. The number of rotatable bonds is 5. The molecule has 28 heavy (non-hydrogen) atoms. The van der Waals surface area contributed by atoms with Crippen molar-refractivity contribution in [3.63, 3.8) is 0 Å². The van der Waals surface area contributed by atoms with Crippen LogP contribution < -0.4 is 4.90 Å². The van der Waals surface area contributed by atoms with E-state index in [4.69, 9.17) is 0 Å². The molecule has 1 unspecified atom stereocenters. The predicted molar refractivity (Wildman–Crippen MR) is 109 cm³/mol. The van der Waals surface area contributed by atoms with Gasteiger partial charge in [0.15, 0.2) is 0 Å². The molecule has 1 saturated heterocycles. The minimum Gasteiger partial charge on any atom is -0.354 e. The topological polar surface area (TPSA) is 49.3 Å². The van der Waals surface area contributed by atoms with Crippen LogP contribution in [0.5, 0.6) is 0 Å². The van der Waals surface area contributed by atoms with Crippen LogP contribution in [0.4, 0.5) is 10.2 Å². The van der Waals surface area contributed by atoms with Crippen molar-refractivity contribution in [3.8, 4) is 0 Å². The van der Waals surface area contributed by atoms with E-state index < -0.39 is 0 Å². The van der Waals surface area contributed by atoms with Crippen molar-refractivity contribution >= 4 is 11.7 Å². The number of anilines is 1. The first-order valence-corrected chi connectivity index (χ1v) is 10.0. The summed E-state index contributed by atoms with van der Waals surface area (Å²) in [5.41, 5.74) is 1.96. The van der Waals surface area contributed by atoms with Crippen LogP contribution in [0.1, 0.15) is 44.3 Å². The second kappa shape index (κ2) is 8.67. The molecule has 0 bridgehead atoms. The number of hydrogen-bond acceptors (Lipinski definition) is 4. The molecule has 1 fully saturated rings. The van der Waals surface area contributed by atoms with Gasteiger partial charge in [0.25, 0.3) is 0 Å². The SMILES string of the molecule is CCc1cc(N2CCC(=O)N(Cc3ccc(F)cc3)C(C(C)C)C2)nc(C)n1. The Kier molecular flexibility index (Phi) is 6.27. The van der Waals surface area contributed by atoms with Gasteiger partial charge in [-0.25, -0.2) is 14.4 Å². The van der Waals surface area contributed by atoms with Crippen LogP contribution in [0, 0.1) is 18.7 Å². The van der Waals surface area contributed by atoms with E-state index in [0.717, 1.165) is 35.9 Å². The number of aryl methyl sites for hydroxylation is 2. The molecule has 3 rings (SSSR count). The van der Waals surface area contributed by atoms with Gasteiger partial charge in [0.1, 0.15) is 17.5 Å². The minimum atomic E-state index is -0.261. The molecule has 5 nitrogen and oxygen atoms in total. The molecule has 0 N–H and O–H groups in total. The average Bonchev–Trinajstić information content (AvgIpc) is 2.83. The third-order valence-electron chi connectivity index (χ3n) is 5.32. The van der Waals surface area contributed by atoms with E-state index in [0.29, 0.717) is 25.4 Å². The van der Waals surface area contributed by atoms with Gasteiger partial charge in [-0.05, 0) is 37.0 Å². The second-order valence-electron chi connectivity index (χ2n) is 7.77. The number of halogens is 1. The van der Waals surface area contributed by atoms with Crippen LogP contribution in [0.2, 0.25) is 0 Å². The summed E-state index contributed by atoms with van der Waals surface area (Å²) in [5, 5.41) is 0. The van der Waals surface area contributed by atoms with E-state index in [2.05, 4.69) is 35.6 Å². The van der Waals surface area contributed by atoms with Crippen molar-refractivity contribution in [2.45, 2.75) is 53.1 Å². The summed E-state index contributed by atoms with van der Waals surface area (Å²) in [5.74, 6) is 1.81. The largest absolute Gasteiger partial charge is 0.354 e. The number of carbonyl (C=O) groups excluding carboxylic acids is 1. The zero-order valence-electron chi connectivity index (χ0n) is 17.2. The number of nitrogens with zero attached hydrogens (tertiary/aromatic N) is 4. The summed E-state index contributed by atoms with van der Waals surface area (Å²) in [6, 6.07) is 8.49. The third-order valence-corrected chi connectivity index (χ3v) is 5.32. The molecule has 6 heteroatoms. The minimum absolute atomic E-state index is 0.0559. The molecule has 2 heterocycles. The van der Waals surface area contributed by atoms with E-state index in [1.807, 2.05) is 17.9 Å². The van der Waals surface area contributed by atoms with Crippen LogP contribution in [-0.2, 0) is 17.8 Å². The molecule has 1 aliphatic heterocycles. The highest BCUT2D eigenvalue weighted by Crippen LogP contribution is 2.24. The van der Waals surface area contributed by atoms with Crippen molar-refractivity contribution in [1.82, 2.24) is 14.9 Å². The van der Waals surface area contributed by atoms with Gasteiger partial charge in [-0.3, -0.25) is 4.79 Å². The van der Waals surface area contributed by atoms with Gasteiger partial charge in [-0.15, -0.1) is 0 Å². The Morgan fingerprint density at radius 1 is 1.21 bits per heavy atom. The zero-order chi connectivity index (χ0) is 20.3. The van der Waals surface area contributed by atoms with Crippen LogP contribution in [0.15, 0.2) is 30.3 Å². The molecule has 1 atom stereocenters. The first-order valence-electron chi connectivity index (χ1n) is 10.0. The van der Waals surface area contributed by atoms with E-state index in [9.17, 15) is 9.18 Å². The van der Waals surface area contributed by atoms with Crippen molar-refractivity contribution in [2.75, 3.05) is 18.0 Å². The van der Waals surface area contributed by atoms with E-state index >= 15 is 0 Å². The molecular formula is C22H29FN4O. The van der Waals surface area contributed by atoms with Gasteiger partial charge >= 0.3 is 0 Å². The summed E-state index contributed by atoms with van der Waals surface area (Å²) in [6.45, 7) is 10.1. The fourth-order valence-corrected chi connectivity index (χ4v) is 3.70. The van der Waals surface area contributed by atoms with E-state index in [1.54, 1.807) is 12.1 Å². The number of carbonyl (C=O) groups is 1. The van der Waals surface area contributed by atoms with Crippen molar-refractivity contribution < 1.29 is 9.18 Å². The highest BCUT2D eigenvalue weighted by Gasteiger charge is 2.32. The molecular weight excluding hydrogens is 355 g/mol. The lowest BCUT2D eigenvalue weighted by Gasteiger charge is -2.35. The second-order valence-corrected chi connectivity index (χ2v) is 7.77. The summed E-state index contributed by atoms with van der Waals surface area (Å²) >= 11 is 0. The Balaban J connectivity index is 1.87. The lowest BCUT2D eigenvalue weighted by atomic mass is 10.0. The summed E-state index contributed by atoms with van der Waals surface area (Å²) in [6.07, 6.45) is 1.29. The zero-order valence-corrected chi connectivity index (χ0v) is 17.2. The normalized spacial score (nSPS) is 17.9. The van der Waals surface area contributed by atoms with Crippen LogP contribution in [0.3, 0.4) is 0 Å². The van der Waals surface area contributed by atoms with E-state index in [1.165, 1.54) is 12.1 Å². The Bertz CT molecular complexity index is 822. The van der Waals surface area contributed by atoms with Crippen LogP contribution in [-0.4, -0.2) is 39.9 Å². The molecule has 1 aromatic heterocycles. The summed E-state index contributed by atoms with van der Waals surface area (Å²) in [7, 11) is 0. The molecule has 0 radical (unpaired) electrons. The van der Waals surface area contributed by atoms with Gasteiger partial charge < -0.3 is 9.80 Å². The fourth-order valence-electron chi connectivity index (χ4n) is 3.70. The Hall–Kier alpha value is -2.50. The maximum atomic E-state index is 13.2. The number of aromatic nitrogens is 2. The third kappa shape index (κ3) is 4.66. The Labute approximate surface area is 166 Å². The molecule has 1 amide bonds. The van der Waals surface area contributed by atoms with Gasteiger partial charge in [0, 0.05) is 37.8 Å². The van der Waals surface area contributed by atoms with Gasteiger partial charge in [-0.1, -0.05) is 32.9 Å². The fraction of sp³-hybridized carbons (Fsp3) is 0.500. The maximum Gasteiger partial charge on any atom is 0.224 e. The monoisotopic (exact) mass is 384 g/mol. The summed E-state index contributed by atoms with van der Waals surface area (Å²) < 4.78 is 13.2. The van der Waals surface area contributed by atoms with Crippen LogP contribution >= 0.6 is 0 Å². The Morgan fingerprint density at radius 2 is 1.93 bits per heavy atom. The maximum absolute atomic E-state index is 13.2. The smallest absolute Gasteiger partial charge is 0.224 e. The standard InChI is InChI=1S/C22H29FN4O/c1-5-19-12-21(25-16(4)24-19)26-11-10-22(28)27(20(14-26)15(2)3)13-17-6-8-18(23)9-7-17/h6-9,12,15,20H,5,10-11,13-14H2,1-4H3. The molecule has 0 spiro atoms.